The van der Waals surface area contributed by atoms with E-state index in [4.69, 9.17) is 37.4 Å². The third-order valence-corrected chi connectivity index (χ3v) is 4.43. The van der Waals surface area contributed by atoms with Gasteiger partial charge in [0.25, 0.3) is 0 Å². The van der Waals surface area contributed by atoms with Crippen LogP contribution in [0.25, 0.3) is 0 Å². The number of aliphatic hydroxyl groups is 1. The van der Waals surface area contributed by atoms with Crippen molar-refractivity contribution in [2.75, 3.05) is 6.61 Å². The van der Waals surface area contributed by atoms with Crippen molar-refractivity contribution in [1.82, 2.24) is 5.32 Å². The second-order valence-electron chi connectivity index (χ2n) is 8.72. The Morgan fingerprint density at radius 3 is 2.20 bits per heavy atom. The molecule has 0 spiro atoms. The highest BCUT2D eigenvalue weighted by atomic mass is 35.5. The molecule has 0 aliphatic carbocycles. The maximum Gasteiger partial charge on any atom is 0.408 e. The van der Waals surface area contributed by atoms with E-state index >= 15 is 0 Å². The Hall–Kier alpha value is -1.70. The lowest BCUT2D eigenvalue weighted by molar-refractivity contribution is -0.157. The molecule has 0 unspecified atom stereocenters. The molecule has 1 amide bonds. The van der Waals surface area contributed by atoms with Gasteiger partial charge in [-0.05, 0) is 66.5 Å². The van der Waals surface area contributed by atoms with Gasteiger partial charge in [-0.3, -0.25) is 0 Å². The first kappa shape index (κ1) is 26.3. The van der Waals surface area contributed by atoms with E-state index in [1.165, 1.54) is 0 Å². The minimum atomic E-state index is -0.895. The molecule has 1 rings (SSSR count). The molecule has 0 aliphatic heterocycles. The molecule has 0 aromatic heterocycles. The van der Waals surface area contributed by atoms with E-state index in [1.807, 2.05) is 0 Å². The van der Waals surface area contributed by atoms with E-state index in [1.54, 1.807) is 53.7 Å². The first-order valence-corrected chi connectivity index (χ1v) is 10.4. The number of ether oxygens (including phenoxy) is 3. The van der Waals surface area contributed by atoms with Crippen LogP contribution in [0.2, 0.25) is 10.0 Å². The van der Waals surface area contributed by atoms with Gasteiger partial charge in [0.2, 0.25) is 0 Å². The van der Waals surface area contributed by atoms with Crippen LogP contribution in [-0.4, -0.2) is 41.0 Å². The zero-order chi connectivity index (χ0) is 23.1. The molecule has 1 aromatic rings. The van der Waals surface area contributed by atoms with Crippen LogP contribution >= 0.6 is 23.2 Å². The van der Waals surface area contributed by atoms with Crippen molar-refractivity contribution >= 4 is 35.3 Å². The van der Waals surface area contributed by atoms with Crippen molar-refractivity contribution in [2.24, 2.45) is 0 Å². The van der Waals surface area contributed by atoms with Crippen LogP contribution in [0.3, 0.4) is 0 Å². The third-order valence-electron chi connectivity index (χ3n) is 3.59. The molecule has 2 N–H and O–H groups in total. The van der Waals surface area contributed by atoms with Gasteiger partial charge in [0.1, 0.15) is 23.0 Å². The lowest BCUT2D eigenvalue weighted by Crippen LogP contribution is -2.46. The Labute approximate surface area is 188 Å². The average molecular weight is 464 g/mol. The number of carbonyl (C=O) groups excluding carboxylic acids is 2. The molecule has 0 saturated carbocycles. The molecule has 1 aromatic carbocycles. The summed E-state index contributed by atoms with van der Waals surface area (Å²) in [5.74, 6) is -0.153. The summed E-state index contributed by atoms with van der Waals surface area (Å²) in [4.78, 5) is 24.6. The second-order valence-corrected chi connectivity index (χ2v) is 9.50. The number of carbonyl (C=O) groups is 2. The minimum absolute atomic E-state index is 0.222. The fourth-order valence-corrected chi connectivity index (χ4v) is 2.79. The largest absolute Gasteiger partial charge is 0.493 e. The smallest absolute Gasteiger partial charge is 0.408 e. The number of esters is 1. The number of benzene rings is 1. The quantitative estimate of drug-likeness (QED) is 0.421. The van der Waals surface area contributed by atoms with Crippen LogP contribution in [0.15, 0.2) is 12.1 Å². The number of hydrogen-bond acceptors (Lipinski definition) is 6. The third kappa shape index (κ3) is 9.41. The van der Waals surface area contributed by atoms with Gasteiger partial charge in [-0.2, -0.15) is 0 Å². The summed E-state index contributed by atoms with van der Waals surface area (Å²) in [5.41, 5.74) is -1.00. The summed E-state index contributed by atoms with van der Waals surface area (Å²) in [6.07, 6.45) is -0.0132. The van der Waals surface area contributed by atoms with Crippen molar-refractivity contribution in [1.29, 1.82) is 0 Å². The second kappa shape index (κ2) is 11.1. The van der Waals surface area contributed by atoms with Gasteiger partial charge in [0, 0.05) is 5.56 Å². The van der Waals surface area contributed by atoms with E-state index in [0.717, 1.165) is 0 Å². The van der Waals surface area contributed by atoms with Gasteiger partial charge in [0.05, 0.1) is 23.3 Å². The molecule has 0 aliphatic rings. The Morgan fingerprint density at radius 2 is 1.67 bits per heavy atom. The number of amides is 1. The van der Waals surface area contributed by atoms with E-state index in [-0.39, 0.29) is 24.7 Å². The Kier molecular flexibility index (Phi) is 9.72. The number of nitrogens with one attached hydrogen (secondary N) is 1. The monoisotopic (exact) mass is 463 g/mol. The molecular formula is C21H31Cl2NO6. The van der Waals surface area contributed by atoms with Crippen molar-refractivity contribution < 1.29 is 28.9 Å². The Morgan fingerprint density at radius 1 is 1.07 bits per heavy atom. The van der Waals surface area contributed by atoms with Gasteiger partial charge in [-0.1, -0.05) is 23.2 Å². The first-order chi connectivity index (χ1) is 13.7. The predicted octanol–water partition coefficient (Wildman–Crippen LogP) is 4.88. The summed E-state index contributed by atoms with van der Waals surface area (Å²) < 4.78 is 16.3. The highest BCUT2D eigenvalue weighted by Crippen LogP contribution is 2.33. The van der Waals surface area contributed by atoms with Gasteiger partial charge >= 0.3 is 12.1 Å². The van der Waals surface area contributed by atoms with Gasteiger partial charge < -0.3 is 24.6 Å². The summed E-state index contributed by atoms with van der Waals surface area (Å²) in [5, 5.41) is 12.6. The predicted molar refractivity (Wildman–Crippen MR) is 116 cm³/mol. The summed E-state index contributed by atoms with van der Waals surface area (Å²) in [7, 11) is 0. The molecule has 0 radical (unpaired) electrons. The average Bonchev–Trinajstić information content (AvgIpc) is 2.57. The number of alkyl carbamates (subject to hydrolysis) is 1. The number of hydrogen-bond donors (Lipinski definition) is 2. The van der Waals surface area contributed by atoms with Crippen molar-refractivity contribution in [2.45, 2.75) is 78.2 Å². The summed E-state index contributed by atoms with van der Waals surface area (Å²) in [6, 6.07) is 2.30. The van der Waals surface area contributed by atoms with Crippen LogP contribution < -0.4 is 10.1 Å². The first-order valence-electron chi connectivity index (χ1n) is 9.66. The van der Waals surface area contributed by atoms with E-state index in [9.17, 15) is 14.7 Å². The fourth-order valence-electron chi connectivity index (χ4n) is 2.40. The van der Waals surface area contributed by atoms with E-state index < -0.39 is 29.3 Å². The maximum absolute atomic E-state index is 12.5. The fraction of sp³-hybridized carbons (Fsp3) is 0.619. The molecular weight excluding hydrogens is 433 g/mol. The zero-order valence-corrected chi connectivity index (χ0v) is 19.8. The molecule has 0 bridgehead atoms. The van der Waals surface area contributed by atoms with Crippen molar-refractivity contribution in [3.05, 3.63) is 27.7 Å². The molecule has 0 saturated heterocycles. The summed E-state index contributed by atoms with van der Waals surface area (Å²) >= 11 is 12.0. The van der Waals surface area contributed by atoms with Crippen LogP contribution in [0, 0.1) is 0 Å². The molecule has 30 heavy (non-hydrogen) atoms. The summed E-state index contributed by atoms with van der Waals surface area (Å²) in [6.45, 7) is 10.4. The van der Waals surface area contributed by atoms with E-state index in [2.05, 4.69) is 5.32 Å². The van der Waals surface area contributed by atoms with Crippen LogP contribution in [0.1, 0.15) is 59.9 Å². The normalized spacial score (nSPS) is 12.8. The molecule has 170 valence electrons. The molecule has 0 fully saturated rings. The lowest BCUT2D eigenvalue weighted by atomic mass is 10.1. The zero-order valence-electron chi connectivity index (χ0n) is 18.3. The van der Waals surface area contributed by atoms with Crippen LogP contribution in [0.5, 0.6) is 5.75 Å². The van der Waals surface area contributed by atoms with Crippen molar-refractivity contribution in [3.63, 3.8) is 0 Å². The van der Waals surface area contributed by atoms with Gasteiger partial charge in [0.15, 0.2) is 0 Å². The van der Waals surface area contributed by atoms with Gasteiger partial charge in [-0.15, -0.1) is 0 Å². The SMILES string of the molecule is CC(C)(C)OC(=O)N[C@H](CCCOc1ccc(Cl)c(Cl)c1CO)C(=O)OC(C)(C)C. The Bertz CT molecular complexity index is 740. The highest BCUT2D eigenvalue weighted by molar-refractivity contribution is 6.42. The van der Waals surface area contributed by atoms with Crippen LogP contribution in [0.4, 0.5) is 4.79 Å². The minimum Gasteiger partial charge on any atom is -0.493 e. The van der Waals surface area contributed by atoms with Crippen LogP contribution in [-0.2, 0) is 20.9 Å². The molecule has 9 heteroatoms. The number of halogens is 2. The molecule has 1 atom stereocenters. The Balaban J connectivity index is 2.74. The van der Waals surface area contributed by atoms with E-state index in [0.29, 0.717) is 22.8 Å². The van der Waals surface area contributed by atoms with Crippen molar-refractivity contribution in [3.8, 4) is 5.75 Å². The molecule has 0 heterocycles. The highest BCUT2D eigenvalue weighted by Gasteiger charge is 2.28. The lowest BCUT2D eigenvalue weighted by Gasteiger charge is -2.26. The number of rotatable bonds is 8. The maximum atomic E-state index is 12.5. The topological polar surface area (TPSA) is 94.1 Å². The number of aliphatic hydroxyl groups excluding tert-OH is 1. The van der Waals surface area contributed by atoms with Gasteiger partial charge in [-0.25, -0.2) is 9.59 Å². The standard InChI is InChI=1S/C21H31Cl2NO6/c1-20(2,3)29-18(26)15(24-19(27)30-21(4,5)6)8-7-11-28-16-10-9-14(22)17(23)13(16)12-25/h9-10,15,25H,7-8,11-12H2,1-6H3,(H,24,27)/t15-/m1/s1. The molecule has 7 nitrogen and oxygen atoms in total.